The average molecular weight is 301 g/mol. The molecule has 1 N–H and O–H groups in total. The van der Waals surface area contributed by atoms with Crippen molar-refractivity contribution in [1.82, 2.24) is 4.98 Å². The molecular formula is C11H6Cl2N2O2S. The summed E-state index contributed by atoms with van der Waals surface area (Å²) in [7, 11) is 1.41. The number of hydrogen-bond acceptors (Lipinski definition) is 3. The molecule has 0 unspecified atom stereocenters. The topological polar surface area (TPSA) is 73.7 Å². The van der Waals surface area contributed by atoms with Crippen LogP contribution >= 0.6 is 22.3 Å². The number of halogens is 2. The summed E-state index contributed by atoms with van der Waals surface area (Å²) in [5, 5.41) is 9.15. The molecule has 1 aromatic carbocycles. The normalized spacial score (nSPS) is 11.2. The fourth-order valence-electron chi connectivity index (χ4n) is 1.55. The summed E-state index contributed by atoms with van der Waals surface area (Å²) in [4.78, 5) is 2.68. The number of nitriles is 1. The van der Waals surface area contributed by atoms with Crippen LogP contribution in [0.3, 0.4) is 0 Å². The third-order valence-corrected chi connectivity index (χ3v) is 3.88. The number of nitrogens with zero attached hydrogens (tertiary/aromatic N) is 1. The minimum atomic E-state index is -3.86. The lowest BCUT2D eigenvalue weighted by molar-refractivity contribution is 0.609. The smallest absolute Gasteiger partial charge is 0.261 e. The van der Waals surface area contributed by atoms with E-state index in [1.165, 1.54) is 18.3 Å². The van der Waals surface area contributed by atoms with E-state index in [2.05, 4.69) is 4.98 Å². The molecule has 1 aromatic heterocycles. The molecule has 0 fully saturated rings. The quantitative estimate of drug-likeness (QED) is 0.866. The van der Waals surface area contributed by atoms with E-state index in [9.17, 15) is 8.42 Å². The Bertz CT molecular complexity index is 745. The molecule has 92 valence electrons. The summed E-state index contributed by atoms with van der Waals surface area (Å²) in [5.41, 5.74) is 1.48. The highest BCUT2D eigenvalue weighted by Crippen LogP contribution is 2.30. The van der Waals surface area contributed by atoms with Crippen LogP contribution in [0.2, 0.25) is 5.02 Å². The van der Waals surface area contributed by atoms with Gasteiger partial charge >= 0.3 is 0 Å². The Morgan fingerprint density at radius 1 is 1.22 bits per heavy atom. The van der Waals surface area contributed by atoms with Crippen LogP contribution in [0.5, 0.6) is 0 Å². The van der Waals surface area contributed by atoms with Gasteiger partial charge in [-0.1, -0.05) is 11.6 Å². The zero-order valence-electron chi connectivity index (χ0n) is 8.81. The predicted octanol–water partition coefficient (Wildman–Crippen LogP) is 3.13. The maximum absolute atomic E-state index is 11.3. The van der Waals surface area contributed by atoms with Gasteiger partial charge in [-0.15, -0.1) is 0 Å². The molecule has 0 atom stereocenters. The Hall–Kier alpha value is -1.48. The van der Waals surface area contributed by atoms with Gasteiger partial charge in [-0.25, -0.2) is 8.42 Å². The summed E-state index contributed by atoms with van der Waals surface area (Å²) in [5.74, 6) is 0. The molecule has 1 heterocycles. The second kappa shape index (κ2) is 4.65. The van der Waals surface area contributed by atoms with Crippen LogP contribution in [0.15, 0.2) is 35.5 Å². The van der Waals surface area contributed by atoms with E-state index >= 15 is 0 Å². The van der Waals surface area contributed by atoms with Crippen molar-refractivity contribution in [3.05, 3.63) is 41.2 Å². The minimum Gasteiger partial charge on any atom is -0.366 e. The van der Waals surface area contributed by atoms with Crippen LogP contribution in [0.4, 0.5) is 0 Å². The number of aromatic amines is 1. The molecule has 0 spiro atoms. The van der Waals surface area contributed by atoms with Crippen molar-refractivity contribution in [3.63, 3.8) is 0 Å². The van der Waals surface area contributed by atoms with E-state index in [0.717, 1.165) is 0 Å². The van der Waals surface area contributed by atoms with E-state index in [1.807, 2.05) is 6.07 Å². The maximum atomic E-state index is 11.3. The average Bonchev–Trinajstić information content (AvgIpc) is 2.74. The van der Waals surface area contributed by atoms with Crippen molar-refractivity contribution in [3.8, 4) is 17.2 Å². The number of hydrogen-bond donors (Lipinski definition) is 1. The van der Waals surface area contributed by atoms with Crippen molar-refractivity contribution in [2.75, 3.05) is 0 Å². The van der Waals surface area contributed by atoms with Gasteiger partial charge in [0.05, 0.1) is 10.5 Å². The van der Waals surface area contributed by atoms with Crippen LogP contribution in [-0.4, -0.2) is 13.4 Å². The highest BCUT2D eigenvalue weighted by atomic mass is 35.7. The fourth-order valence-corrected chi connectivity index (χ4v) is 2.66. The SMILES string of the molecule is N#Cc1c[nH]cc1-c1cc(Cl)cc(S(=O)(=O)Cl)c1. The van der Waals surface area contributed by atoms with Crippen molar-refractivity contribution in [2.24, 2.45) is 0 Å². The van der Waals surface area contributed by atoms with Gasteiger partial charge in [0.1, 0.15) is 6.07 Å². The highest BCUT2D eigenvalue weighted by molar-refractivity contribution is 8.13. The first-order chi connectivity index (χ1) is 8.41. The van der Waals surface area contributed by atoms with Crippen molar-refractivity contribution >= 4 is 31.3 Å². The van der Waals surface area contributed by atoms with Crippen LogP contribution in [0.1, 0.15) is 5.56 Å². The molecule has 0 saturated carbocycles. The van der Waals surface area contributed by atoms with Gasteiger partial charge in [-0.2, -0.15) is 5.26 Å². The Kier molecular flexibility index (Phi) is 3.35. The molecule has 0 aliphatic carbocycles. The molecule has 2 rings (SSSR count). The van der Waals surface area contributed by atoms with Crippen molar-refractivity contribution < 1.29 is 8.42 Å². The minimum absolute atomic E-state index is 0.100. The van der Waals surface area contributed by atoms with Gasteiger partial charge in [-0.05, 0) is 23.8 Å². The van der Waals surface area contributed by atoms with Gasteiger partial charge < -0.3 is 4.98 Å². The zero-order chi connectivity index (χ0) is 13.3. The van der Waals surface area contributed by atoms with E-state index in [-0.39, 0.29) is 9.92 Å². The van der Waals surface area contributed by atoms with Gasteiger partial charge in [0.2, 0.25) is 0 Å². The Morgan fingerprint density at radius 2 is 1.94 bits per heavy atom. The van der Waals surface area contributed by atoms with Gasteiger partial charge in [0.15, 0.2) is 0 Å². The molecule has 18 heavy (non-hydrogen) atoms. The summed E-state index contributed by atoms with van der Waals surface area (Å²) in [6.07, 6.45) is 3.11. The third kappa shape index (κ3) is 2.51. The molecular weight excluding hydrogens is 295 g/mol. The molecule has 2 aromatic rings. The fraction of sp³-hybridized carbons (Fsp3) is 0. The summed E-state index contributed by atoms with van der Waals surface area (Å²) < 4.78 is 22.6. The monoisotopic (exact) mass is 300 g/mol. The number of rotatable bonds is 2. The lowest BCUT2D eigenvalue weighted by Gasteiger charge is -2.03. The Morgan fingerprint density at radius 3 is 2.56 bits per heavy atom. The maximum Gasteiger partial charge on any atom is 0.261 e. The van der Waals surface area contributed by atoms with E-state index in [1.54, 1.807) is 12.3 Å². The second-order valence-corrected chi connectivity index (χ2v) is 6.51. The molecule has 0 aliphatic rings. The van der Waals surface area contributed by atoms with Gasteiger partial charge in [0.25, 0.3) is 9.05 Å². The van der Waals surface area contributed by atoms with Gasteiger partial charge in [-0.3, -0.25) is 0 Å². The van der Waals surface area contributed by atoms with Gasteiger partial charge in [0, 0.05) is 33.7 Å². The number of nitrogens with one attached hydrogen (secondary N) is 1. The zero-order valence-corrected chi connectivity index (χ0v) is 11.1. The van der Waals surface area contributed by atoms with Crippen molar-refractivity contribution in [2.45, 2.75) is 4.90 Å². The molecule has 0 radical (unpaired) electrons. The molecule has 7 heteroatoms. The van der Waals surface area contributed by atoms with Crippen molar-refractivity contribution in [1.29, 1.82) is 5.26 Å². The number of H-pyrrole nitrogens is 1. The van der Waals surface area contributed by atoms with Crippen LogP contribution in [-0.2, 0) is 9.05 Å². The standard InChI is InChI=1S/C11H6Cl2N2O2S/c12-9-1-7(2-10(3-9)18(13,16)17)11-6-15-5-8(11)4-14/h1-3,5-6,15H. The summed E-state index contributed by atoms with van der Waals surface area (Å²) in [6, 6.07) is 6.19. The molecule has 0 aliphatic heterocycles. The van der Waals surface area contributed by atoms with E-state index in [0.29, 0.717) is 16.7 Å². The predicted molar refractivity (Wildman–Crippen MR) is 69.0 cm³/mol. The lowest BCUT2D eigenvalue weighted by Crippen LogP contribution is -1.91. The molecule has 0 bridgehead atoms. The molecule has 4 nitrogen and oxygen atoms in total. The Labute approximate surface area is 113 Å². The summed E-state index contributed by atoms with van der Waals surface area (Å²) >= 11 is 5.85. The third-order valence-electron chi connectivity index (χ3n) is 2.33. The first-order valence-corrected chi connectivity index (χ1v) is 7.43. The number of aromatic nitrogens is 1. The van der Waals surface area contributed by atoms with Crippen LogP contribution in [0, 0.1) is 11.3 Å². The molecule has 0 saturated heterocycles. The van der Waals surface area contributed by atoms with Crippen LogP contribution < -0.4 is 0 Å². The Balaban J connectivity index is 2.68. The highest BCUT2D eigenvalue weighted by Gasteiger charge is 2.14. The van der Waals surface area contributed by atoms with E-state index < -0.39 is 9.05 Å². The number of benzene rings is 1. The van der Waals surface area contributed by atoms with E-state index in [4.69, 9.17) is 27.5 Å². The second-order valence-electron chi connectivity index (χ2n) is 3.51. The largest absolute Gasteiger partial charge is 0.366 e. The van der Waals surface area contributed by atoms with Crippen LogP contribution in [0.25, 0.3) is 11.1 Å². The first kappa shape index (κ1) is 13.0. The lowest BCUT2D eigenvalue weighted by atomic mass is 10.1. The first-order valence-electron chi connectivity index (χ1n) is 4.74. The summed E-state index contributed by atoms with van der Waals surface area (Å²) in [6.45, 7) is 0. The molecule has 0 amide bonds.